The van der Waals surface area contributed by atoms with Crippen molar-refractivity contribution in [2.24, 2.45) is 7.05 Å². The van der Waals surface area contributed by atoms with E-state index in [0.717, 1.165) is 0 Å². The molecule has 0 bridgehead atoms. The first-order chi connectivity index (χ1) is 5.57. The highest BCUT2D eigenvalue weighted by Crippen LogP contribution is 2.19. The molecule has 2 nitrogen and oxygen atoms in total. The van der Waals surface area contributed by atoms with Gasteiger partial charge in [0.15, 0.2) is 0 Å². The van der Waals surface area contributed by atoms with Gasteiger partial charge in [-0.05, 0) is 39.4 Å². The van der Waals surface area contributed by atoms with Crippen LogP contribution in [0.5, 0.6) is 0 Å². The normalized spacial score (nSPS) is 13.4. The first kappa shape index (κ1) is 9.33. The molecule has 0 aliphatic carbocycles. The third kappa shape index (κ3) is 1.39. The summed E-state index contributed by atoms with van der Waals surface area (Å²) in [6.45, 7) is 6.48. The first-order valence-electron chi connectivity index (χ1n) is 4.38. The van der Waals surface area contributed by atoms with Gasteiger partial charge in [0.25, 0.3) is 0 Å². The number of aryl methyl sites for hydroxylation is 1. The van der Waals surface area contributed by atoms with Crippen LogP contribution in [0.25, 0.3) is 0 Å². The Morgan fingerprint density at radius 2 is 2.00 bits per heavy atom. The number of aromatic nitrogens is 1. The van der Waals surface area contributed by atoms with Crippen LogP contribution in [0.2, 0.25) is 0 Å². The second-order valence-corrected chi connectivity index (χ2v) is 3.40. The summed E-state index contributed by atoms with van der Waals surface area (Å²) in [5.41, 5.74) is 4.08. The third-order valence-corrected chi connectivity index (χ3v) is 2.71. The van der Waals surface area contributed by atoms with Crippen molar-refractivity contribution in [3.8, 4) is 0 Å². The summed E-state index contributed by atoms with van der Waals surface area (Å²) < 4.78 is 2.23. The van der Waals surface area contributed by atoms with E-state index in [-0.39, 0.29) is 0 Å². The van der Waals surface area contributed by atoms with E-state index in [0.29, 0.717) is 6.04 Å². The second kappa shape index (κ2) is 3.31. The second-order valence-electron chi connectivity index (χ2n) is 3.40. The Kier molecular flexibility index (Phi) is 2.58. The molecule has 1 heterocycles. The van der Waals surface area contributed by atoms with Crippen molar-refractivity contribution in [1.82, 2.24) is 9.88 Å². The molecule has 1 aromatic heterocycles. The minimum Gasteiger partial charge on any atom is -0.352 e. The molecule has 0 spiro atoms. The van der Waals surface area contributed by atoms with E-state index in [1.165, 1.54) is 17.0 Å². The molecule has 0 aromatic carbocycles. The van der Waals surface area contributed by atoms with Gasteiger partial charge in [-0.1, -0.05) is 0 Å². The van der Waals surface area contributed by atoms with E-state index in [4.69, 9.17) is 0 Å². The van der Waals surface area contributed by atoms with Gasteiger partial charge in [-0.2, -0.15) is 0 Å². The van der Waals surface area contributed by atoms with Crippen LogP contribution in [0.3, 0.4) is 0 Å². The first-order valence-corrected chi connectivity index (χ1v) is 4.38. The van der Waals surface area contributed by atoms with Crippen molar-refractivity contribution in [3.63, 3.8) is 0 Å². The van der Waals surface area contributed by atoms with Gasteiger partial charge in [-0.25, -0.2) is 0 Å². The van der Waals surface area contributed by atoms with Gasteiger partial charge in [0, 0.05) is 24.5 Å². The average Bonchev–Trinajstić information content (AvgIpc) is 2.32. The van der Waals surface area contributed by atoms with Crippen LogP contribution in [0.4, 0.5) is 0 Å². The molecule has 0 aliphatic rings. The molecule has 1 rings (SSSR count). The Morgan fingerprint density at radius 3 is 2.33 bits per heavy atom. The number of hydrogen-bond acceptors (Lipinski definition) is 1. The van der Waals surface area contributed by atoms with Crippen molar-refractivity contribution >= 4 is 0 Å². The van der Waals surface area contributed by atoms with Gasteiger partial charge in [0.05, 0.1) is 0 Å². The van der Waals surface area contributed by atoms with Gasteiger partial charge in [-0.15, -0.1) is 0 Å². The lowest BCUT2D eigenvalue weighted by atomic mass is 10.1. The SMILES string of the molecule is CN[C@@H](C)c1cc(C)n(C)c1C. The lowest BCUT2D eigenvalue weighted by Gasteiger charge is -2.09. The summed E-state index contributed by atoms with van der Waals surface area (Å²) >= 11 is 0. The van der Waals surface area contributed by atoms with Crippen LogP contribution in [0.15, 0.2) is 6.07 Å². The highest BCUT2D eigenvalue weighted by atomic mass is 15.0. The Labute approximate surface area is 74.6 Å². The monoisotopic (exact) mass is 166 g/mol. The molecular formula is C10H18N2. The van der Waals surface area contributed by atoms with Crippen LogP contribution < -0.4 is 5.32 Å². The van der Waals surface area contributed by atoms with Crippen molar-refractivity contribution < 1.29 is 0 Å². The number of nitrogens with zero attached hydrogens (tertiary/aromatic N) is 1. The lowest BCUT2D eigenvalue weighted by molar-refractivity contribution is 0.645. The summed E-state index contributed by atoms with van der Waals surface area (Å²) in [7, 11) is 4.10. The Hall–Kier alpha value is -0.760. The highest BCUT2D eigenvalue weighted by Gasteiger charge is 2.10. The standard InChI is InChI=1S/C10H18N2/c1-7-6-10(8(2)11-4)9(3)12(7)5/h6,8,11H,1-5H3/t8-/m0/s1. The molecule has 0 amide bonds. The van der Waals surface area contributed by atoms with Crippen LogP contribution in [0.1, 0.15) is 29.9 Å². The molecule has 0 aliphatic heterocycles. The van der Waals surface area contributed by atoms with E-state index >= 15 is 0 Å². The summed E-state index contributed by atoms with van der Waals surface area (Å²) in [6.07, 6.45) is 0. The minimum absolute atomic E-state index is 0.449. The third-order valence-electron chi connectivity index (χ3n) is 2.71. The molecule has 2 heteroatoms. The average molecular weight is 166 g/mol. The zero-order valence-corrected chi connectivity index (χ0v) is 8.60. The van der Waals surface area contributed by atoms with Crippen molar-refractivity contribution in [2.75, 3.05) is 7.05 Å². The van der Waals surface area contributed by atoms with Crippen LogP contribution >= 0.6 is 0 Å². The Morgan fingerprint density at radius 1 is 1.42 bits per heavy atom. The van der Waals surface area contributed by atoms with Crippen LogP contribution in [0, 0.1) is 13.8 Å². The highest BCUT2D eigenvalue weighted by molar-refractivity contribution is 5.28. The van der Waals surface area contributed by atoms with Gasteiger partial charge in [0.2, 0.25) is 0 Å². The Balaban J connectivity index is 3.08. The van der Waals surface area contributed by atoms with Gasteiger partial charge >= 0.3 is 0 Å². The van der Waals surface area contributed by atoms with Crippen LogP contribution in [-0.2, 0) is 7.05 Å². The minimum atomic E-state index is 0.449. The van der Waals surface area contributed by atoms with E-state index < -0.39 is 0 Å². The Bertz CT molecular complexity index is 274. The predicted molar refractivity (Wildman–Crippen MR) is 52.4 cm³/mol. The van der Waals surface area contributed by atoms with E-state index in [1.54, 1.807) is 0 Å². The van der Waals surface area contributed by atoms with Crippen molar-refractivity contribution in [2.45, 2.75) is 26.8 Å². The van der Waals surface area contributed by atoms with Gasteiger partial charge in [0.1, 0.15) is 0 Å². The lowest BCUT2D eigenvalue weighted by Crippen LogP contribution is -2.12. The van der Waals surface area contributed by atoms with Gasteiger partial charge < -0.3 is 9.88 Å². The zero-order chi connectivity index (χ0) is 9.30. The number of rotatable bonds is 2. The molecule has 0 unspecified atom stereocenters. The topological polar surface area (TPSA) is 17.0 Å². The molecule has 68 valence electrons. The fourth-order valence-electron chi connectivity index (χ4n) is 1.48. The molecule has 0 radical (unpaired) electrons. The molecule has 1 aromatic rings. The van der Waals surface area contributed by atoms with E-state index in [2.05, 4.69) is 43.8 Å². The number of nitrogens with one attached hydrogen (secondary N) is 1. The summed E-state index contributed by atoms with van der Waals surface area (Å²) in [6, 6.07) is 2.70. The molecule has 1 atom stereocenters. The summed E-state index contributed by atoms with van der Waals surface area (Å²) in [5, 5.41) is 3.25. The van der Waals surface area contributed by atoms with Crippen molar-refractivity contribution in [1.29, 1.82) is 0 Å². The van der Waals surface area contributed by atoms with Crippen LogP contribution in [-0.4, -0.2) is 11.6 Å². The quantitative estimate of drug-likeness (QED) is 0.710. The molecule has 0 saturated heterocycles. The smallest absolute Gasteiger partial charge is 0.0306 e. The molecule has 1 N–H and O–H groups in total. The zero-order valence-electron chi connectivity index (χ0n) is 8.60. The van der Waals surface area contributed by atoms with Gasteiger partial charge in [-0.3, -0.25) is 0 Å². The van der Waals surface area contributed by atoms with E-state index in [1.807, 2.05) is 7.05 Å². The fourth-order valence-corrected chi connectivity index (χ4v) is 1.48. The maximum Gasteiger partial charge on any atom is 0.0306 e. The van der Waals surface area contributed by atoms with Crippen molar-refractivity contribution in [3.05, 3.63) is 23.0 Å². The molecule has 0 saturated carbocycles. The molecule has 12 heavy (non-hydrogen) atoms. The number of hydrogen-bond donors (Lipinski definition) is 1. The molecule has 0 fully saturated rings. The molecular weight excluding hydrogens is 148 g/mol. The summed E-state index contributed by atoms with van der Waals surface area (Å²) in [4.78, 5) is 0. The van der Waals surface area contributed by atoms with E-state index in [9.17, 15) is 0 Å². The predicted octanol–water partition coefficient (Wildman–Crippen LogP) is 1.92. The largest absolute Gasteiger partial charge is 0.352 e. The fraction of sp³-hybridized carbons (Fsp3) is 0.600. The summed E-state index contributed by atoms with van der Waals surface area (Å²) in [5.74, 6) is 0. The maximum atomic E-state index is 3.25. The maximum absolute atomic E-state index is 3.25.